The maximum atomic E-state index is 13.8. The Hall–Kier alpha value is -2.14. The third-order valence-corrected chi connectivity index (χ3v) is 4.07. The summed E-state index contributed by atoms with van der Waals surface area (Å²) in [5.74, 6) is -0.900. The highest BCUT2D eigenvalue weighted by atomic mass is 35.5. The van der Waals surface area contributed by atoms with Crippen LogP contribution in [-0.4, -0.2) is 16.0 Å². The van der Waals surface area contributed by atoms with Crippen LogP contribution in [0.25, 0.3) is 0 Å². The molecule has 1 aliphatic carbocycles. The fourth-order valence-electron chi connectivity index (χ4n) is 2.56. The number of aromatic hydroxyl groups is 1. The van der Waals surface area contributed by atoms with Gasteiger partial charge < -0.3 is 10.4 Å². The van der Waals surface area contributed by atoms with Crippen molar-refractivity contribution in [3.05, 3.63) is 58.6 Å². The summed E-state index contributed by atoms with van der Waals surface area (Å²) in [6.45, 7) is 0.272. The van der Waals surface area contributed by atoms with E-state index < -0.39 is 0 Å². The maximum Gasteiger partial charge on any atom is 0.224 e. The van der Waals surface area contributed by atoms with Crippen molar-refractivity contribution in [2.75, 3.05) is 0 Å². The smallest absolute Gasteiger partial charge is 0.224 e. The molecule has 0 aliphatic heterocycles. The molecule has 4 nitrogen and oxygen atoms in total. The second-order valence-electron chi connectivity index (χ2n) is 5.35. The molecule has 1 aliphatic rings. The predicted octanol–water partition coefficient (Wildman–Crippen LogP) is 3.00. The maximum absolute atomic E-state index is 13.8. The molecule has 114 valence electrons. The number of hydrogen-bond donors (Lipinski definition) is 2. The standard InChI is InChI=1S/C16H14ClFN2O2/c17-13-2-1-3-14(18)15(13)11-5-12(11)16(22)20-7-9-4-10(21)8-19-6-9/h1-4,6,8,11-12,21H,5,7H2,(H,20,22)/t11-,12-/m1/s1. The van der Waals surface area contributed by atoms with Gasteiger partial charge in [-0.15, -0.1) is 0 Å². The van der Waals surface area contributed by atoms with E-state index in [9.17, 15) is 14.3 Å². The number of amides is 1. The van der Waals surface area contributed by atoms with Gasteiger partial charge in [0.15, 0.2) is 0 Å². The SMILES string of the molecule is O=C(NCc1cncc(O)c1)[C@@H]1C[C@H]1c1c(F)cccc1Cl. The highest BCUT2D eigenvalue weighted by Crippen LogP contribution is 2.50. The van der Waals surface area contributed by atoms with Gasteiger partial charge in [0.2, 0.25) is 5.91 Å². The Morgan fingerprint density at radius 1 is 1.45 bits per heavy atom. The largest absolute Gasteiger partial charge is 0.506 e. The molecule has 22 heavy (non-hydrogen) atoms. The van der Waals surface area contributed by atoms with Crippen LogP contribution < -0.4 is 5.32 Å². The lowest BCUT2D eigenvalue weighted by molar-refractivity contribution is -0.122. The van der Waals surface area contributed by atoms with Gasteiger partial charge in [0.25, 0.3) is 0 Å². The van der Waals surface area contributed by atoms with E-state index in [4.69, 9.17) is 11.6 Å². The minimum absolute atomic E-state index is 0.0502. The first-order valence-corrected chi connectivity index (χ1v) is 7.28. The van der Waals surface area contributed by atoms with E-state index >= 15 is 0 Å². The van der Waals surface area contributed by atoms with Gasteiger partial charge in [-0.1, -0.05) is 17.7 Å². The van der Waals surface area contributed by atoms with E-state index in [0.717, 1.165) is 0 Å². The van der Waals surface area contributed by atoms with Crippen molar-refractivity contribution in [2.45, 2.75) is 18.9 Å². The first-order chi connectivity index (χ1) is 10.6. The summed E-state index contributed by atoms with van der Waals surface area (Å²) in [7, 11) is 0. The molecule has 2 atom stereocenters. The highest BCUT2D eigenvalue weighted by molar-refractivity contribution is 6.31. The molecule has 1 aromatic carbocycles. The van der Waals surface area contributed by atoms with Crippen LogP contribution in [0.4, 0.5) is 4.39 Å². The molecule has 0 saturated heterocycles. The van der Waals surface area contributed by atoms with E-state index in [1.807, 2.05) is 0 Å². The Morgan fingerprint density at radius 2 is 2.27 bits per heavy atom. The van der Waals surface area contributed by atoms with Gasteiger partial charge in [0.1, 0.15) is 11.6 Å². The number of nitrogens with zero attached hydrogens (tertiary/aromatic N) is 1. The first-order valence-electron chi connectivity index (χ1n) is 6.91. The number of nitrogens with one attached hydrogen (secondary N) is 1. The summed E-state index contributed by atoms with van der Waals surface area (Å²) < 4.78 is 13.8. The Balaban J connectivity index is 1.61. The van der Waals surface area contributed by atoms with Crippen LogP contribution in [0.5, 0.6) is 5.75 Å². The lowest BCUT2D eigenvalue weighted by Crippen LogP contribution is -2.25. The number of pyridine rings is 1. The lowest BCUT2D eigenvalue weighted by atomic mass is 10.1. The number of aromatic nitrogens is 1. The Labute approximate surface area is 132 Å². The van der Waals surface area contributed by atoms with Crippen molar-refractivity contribution >= 4 is 17.5 Å². The topological polar surface area (TPSA) is 62.2 Å². The summed E-state index contributed by atoms with van der Waals surface area (Å²) in [6.07, 6.45) is 3.48. The van der Waals surface area contributed by atoms with Crippen LogP contribution in [-0.2, 0) is 11.3 Å². The predicted molar refractivity (Wildman–Crippen MR) is 80.0 cm³/mol. The molecule has 0 radical (unpaired) electrons. The van der Waals surface area contributed by atoms with Crippen LogP contribution in [0.2, 0.25) is 5.02 Å². The molecule has 1 saturated carbocycles. The van der Waals surface area contributed by atoms with E-state index in [0.29, 0.717) is 22.6 Å². The Kier molecular flexibility index (Phi) is 3.98. The molecule has 6 heteroatoms. The van der Waals surface area contributed by atoms with E-state index in [-0.39, 0.29) is 35.9 Å². The molecule has 1 fully saturated rings. The molecule has 1 heterocycles. The summed E-state index contributed by atoms with van der Waals surface area (Å²) in [5, 5.41) is 12.5. The third kappa shape index (κ3) is 3.04. The normalized spacial score (nSPS) is 19.7. The van der Waals surface area contributed by atoms with Crippen molar-refractivity contribution in [2.24, 2.45) is 5.92 Å². The van der Waals surface area contributed by atoms with Crippen LogP contribution in [0.3, 0.4) is 0 Å². The number of carbonyl (C=O) groups is 1. The molecule has 1 amide bonds. The number of rotatable bonds is 4. The van der Waals surface area contributed by atoms with Gasteiger partial charge in [-0.05, 0) is 30.2 Å². The van der Waals surface area contributed by atoms with Crippen molar-refractivity contribution in [3.63, 3.8) is 0 Å². The summed E-state index contributed by atoms with van der Waals surface area (Å²) in [5.41, 5.74) is 1.12. The molecule has 3 rings (SSSR count). The van der Waals surface area contributed by atoms with E-state index in [1.165, 1.54) is 18.3 Å². The second kappa shape index (κ2) is 5.93. The molecular weight excluding hydrogens is 307 g/mol. The van der Waals surface area contributed by atoms with Crippen LogP contribution in [0, 0.1) is 11.7 Å². The van der Waals surface area contributed by atoms with Crippen molar-refractivity contribution in [1.82, 2.24) is 10.3 Å². The van der Waals surface area contributed by atoms with Gasteiger partial charge in [0.05, 0.1) is 6.20 Å². The zero-order valence-electron chi connectivity index (χ0n) is 11.6. The fraction of sp³-hybridized carbons (Fsp3) is 0.250. The minimum Gasteiger partial charge on any atom is -0.506 e. The van der Waals surface area contributed by atoms with Crippen molar-refractivity contribution in [3.8, 4) is 5.75 Å². The summed E-state index contributed by atoms with van der Waals surface area (Å²) in [6, 6.07) is 6.07. The Morgan fingerprint density at radius 3 is 3.00 bits per heavy atom. The monoisotopic (exact) mass is 320 g/mol. The third-order valence-electron chi connectivity index (χ3n) is 3.74. The summed E-state index contributed by atoms with van der Waals surface area (Å²) in [4.78, 5) is 16.0. The Bertz CT molecular complexity index is 703. The van der Waals surface area contributed by atoms with E-state index in [1.54, 1.807) is 18.3 Å². The van der Waals surface area contributed by atoms with Gasteiger partial charge in [-0.2, -0.15) is 0 Å². The zero-order valence-corrected chi connectivity index (χ0v) is 12.3. The van der Waals surface area contributed by atoms with Gasteiger partial charge >= 0.3 is 0 Å². The molecule has 0 bridgehead atoms. The summed E-state index contributed by atoms with van der Waals surface area (Å²) >= 11 is 6.02. The zero-order chi connectivity index (χ0) is 15.7. The number of benzene rings is 1. The molecule has 0 spiro atoms. The van der Waals surface area contributed by atoms with Crippen LogP contribution >= 0.6 is 11.6 Å². The first kappa shape index (κ1) is 14.8. The molecule has 2 aromatic rings. The van der Waals surface area contributed by atoms with Gasteiger partial charge in [-0.25, -0.2) is 4.39 Å². The second-order valence-corrected chi connectivity index (χ2v) is 5.76. The van der Waals surface area contributed by atoms with Gasteiger partial charge in [-0.3, -0.25) is 9.78 Å². The molecule has 2 N–H and O–H groups in total. The highest BCUT2D eigenvalue weighted by Gasteiger charge is 2.46. The van der Waals surface area contributed by atoms with Gasteiger partial charge in [0, 0.05) is 35.2 Å². The lowest BCUT2D eigenvalue weighted by Gasteiger charge is -2.07. The molecule has 1 aromatic heterocycles. The average Bonchev–Trinajstić information content (AvgIpc) is 3.25. The average molecular weight is 321 g/mol. The molecular formula is C16H14ClFN2O2. The number of halogens is 2. The minimum atomic E-state index is -0.370. The van der Waals surface area contributed by atoms with Crippen molar-refractivity contribution in [1.29, 1.82) is 0 Å². The van der Waals surface area contributed by atoms with Crippen LogP contribution in [0.15, 0.2) is 36.7 Å². The molecule has 0 unspecified atom stereocenters. The van der Waals surface area contributed by atoms with Crippen LogP contribution in [0.1, 0.15) is 23.5 Å². The quantitative estimate of drug-likeness (QED) is 0.910. The van der Waals surface area contributed by atoms with E-state index in [2.05, 4.69) is 10.3 Å². The number of carbonyl (C=O) groups excluding carboxylic acids is 1. The fourth-order valence-corrected chi connectivity index (χ4v) is 2.86. The van der Waals surface area contributed by atoms with Crippen molar-refractivity contribution < 1.29 is 14.3 Å². The number of hydrogen-bond acceptors (Lipinski definition) is 3.